The lowest BCUT2D eigenvalue weighted by molar-refractivity contribution is 0.262. The number of nitrogens with zero attached hydrogens (tertiary/aromatic N) is 4. The molecule has 3 aromatic rings. The molecule has 2 aliphatic heterocycles. The number of carbonyl (C=O) groups excluding carboxylic acids is 1. The van der Waals surface area contributed by atoms with E-state index in [4.69, 9.17) is 0 Å². The fourth-order valence-electron chi connectivity index (χ4n) is 4.12. The minimum atomic E-state index is -0.397. The van der Waals surface area contributed by atoms with Gasteiger partial charge in [-0.05, 0) is 44.1 Å². The number of carbonyl (C=O) groups is 1. The van der Waals surface area contributed by atoms with Crippen molar-refractivity contribution in [1.82, 2.24) is 19.9 Å². The molecule has 2 aliphatic rings. The molecule has 0 atom stereocenters. The molecule has 1 aromatic carbocycles. The minimum Gasteiger partial charge on any atom is -0.369 e. The van der Waals surface area contributed by atoms with Gasteiger partial charge in [-0.3, -0.25) is 10.2 Å². The number of amides is 2. The van der Waals surface area contributed by atoms with Crippen LogP contribution in [-0.4, -0.2) is 51.3 Å². The highest BCUT2D eigenvalue weighted by Gasteiger charge is 2.18. The van der Waals surface area contributed by atoms with Crippen molar-refractivity contribution in [3.8, 4) is 0 Å². The van der Waals surface area contributed by atoms with E-state index in [1.165, 1.54) is 17.4 Å². The van der Waals surface area contributed by atoms with Gasteiger partial charge in [0.2, 0.25) is 0 Å². The molecule has 0 aliphatic carbocycles. The van der Waals surface area contributed by atoms with E-state index in [-0.39, 0.29) is 5.82 Å². The molecule has 4 heterocycles. The van der Waals surface area contributed by atoms with Crippen LogP contribution in [0.5, 0.6) is 0 Å². The summed E-state index contributed by atoms with van der Waals surface area (Å²) >= 11 is 3.22. The molecule has 0 unspecified atom stereocenters. The first kappa shape index (κ1) is 23.0. The summed E-state index contributed by atoms with van der Waals surface area (Å²) < 4.78 is 14.2. The van der Waals surface area contributed by atoms with Gasteiger partial charge in [0.1, 0.15) is 18.0 Å². The van der Waals surface area contributed by atoms with Crippen molar-refractivity contribution < 1.29 is 9.18 Å². The first-order valence-corrected chi connectivity index (χ1v) is 13.2. The van der Waals surface area contributed by atoms with Crippen molar-refractivity contribution in [1.29, 1.82) is 0 Å². The Kier molecular flexibility index (Phi) is 7.21. The van der Waals surface area contributed by atoms with E-state index < -0.39 is 6.03 Å². The van der Waals surface area contributed by atoms with Gasteiger partial charge in [0.25, 0.3) is 0 Å². The number of benzene rings is 1. The molecule has 0 saturated carbocycles. The Morgan fingerprint density at radius 3 is 2.91 bits per heavy atom. The lowest BCUT2D eigenvalue weighted by Crippen LogP contribution is -2.21. The molecule has 5 rings (SSSR count). The molecule has 0 radical (unpaired) electrons. The highest BCUT2D eigenvalue weighted by atomic mass is 32.2. The summed E-state index contributed by atoms with van der Waals surface area (Å²) in [6.45, 7) is 3.25. The van der Waals surface area contributed by atoms with Crippen LogP contribution < -0.4 is 16.0 Å². The Morgan fingerprint density at radius 2 is 2.03 bits per heavy atom. The number of anilines is 3. The van der Waals surface area contributed by atoms with E-state index in [0.29, 0.717) is 29.5 Å². The van der Waals surface area contributed by atoms with Gasteiger partial charge in [0, 0.05) is 54.0 Å². The van der Waals surface area contributed by atoms with Gasteiger partial charge in [0.05, 0.1) is 10.6 Å². The molecule has 8 nitrogen and oxygen atoms in total. The summed E-state index contributed by atoms with van der Waals surface area (Å²) in [6, 6.07) is 4.28. The molecular formula is C23H26FN7OS2. The Morgan fingerprint density at radius 1 is 1.15 bits per heavy atom. The molecule has 34 heavy (non-hydrogen) atoms. The first-order valence-electron chi connectivity index (χ1n) is 11.4. The molecule has 1 fully saturated rings. The normalized spacial score (nSPS) is 15.3. The zero-order valence-corrected chi connectivity index (χ0v) is 20.3. The average molecular weight is 500 g/mol. The number of urea groups is 1. The van der Waals surface area contributed by atoms with Crippen molar-refractivity contribution in [3.63, 3.8) is 0 Å². The Labute approximate surface area is 205 Å². The Hall–Kier alpha value is -2.76. The lowest BCUT2D eigenvalue weighted by Gasteiger charge is -2.16. The summed E-state index contributed by atoms with van der Waals surface area (Å²) in [5.41, 5.74) is 2.27. The lowest BCUT2D eigenvalue weighted by atomic mass is 10.1. The zero-order valence-electron chi connectivity index (χ0n) is 18.6. The summed E-state index contributed by atoms with van der Waals surface area (Å²) in [6.07, 6.45) is 7.43. The molecule has 178 valence electrons. The largest absolute Gasteiger partial charge is 0.369 e. The number of halogens is 1. The summed E-state index contributed by atoms with van der Waals surface area (Å²) in [5.74, 6) is 1.69. The summed E-state index contributed by atoms with van der Waals surface area (Å²) in [5, 5.41) is 9.46. The second-order valence-corrected chi connectivity index (χ2v) is 10.5. The van der Waals surface area contributed by atoms with E-state index in [2.05, 4.69) is 35.8 Å². The number of nitrogens with one attached hydrogen (secondary N) is 3. The molecule has 0 spiro atoms. The molecular weight excluding hydrogens is 473 g/mol. The third-order valence-corrected chi connectivity index (χ3v) is 7.90. The number of hydrogen-bond donors (Lipinski definition) is 3. The van der Waals surface area contributed by atoms with E-state index in [0.717, 1.165) is 65.8 Å². The van der Waals surface area contributed by atoms with Crippen LogP contribution >= 0.6 is 23.1 Å². The van der Waals surface area contributed by atoms with Gasteiger partial charge < -0.3 is 10.6 Å². The maximum Gasteiger partial charge on any atom is 0.325 e. The molecule has 3 N–H and O–H groups in total. The van der Waals surface area contributed by atoms with Gasteiger partial charge >= 0.3 is 6.03 Å². The van der Waals surface area contributed by atoms with Crippen molar-refractivity contribution >= 4 is 45.8 Å². The fourth-order valence-corrected chi connectivity index (χ4v) is 6.00. The predicted octanol–water partition coefficient (Wildman–Crippen LogP) is 4.61. The number of likely N-dealkylation sites (tertiary alicyclic amines) is 1. The van der Waals surface area contributed by atoms with Crippen molar-refractivity contribution in [2.45, 2.75) is 37.1 Å². The van der Waals surface area contributed by atoms with E-state index >= 15 is 0 Å². The summed E-state index contributed by atoms with van der Waals surface area (Å²) in [4.78, 5) is 29.9. The predicted molar refractivity (Wildman–Crippen MR) is 134 cm³/mol. The van der Waals surface area contributed by atoms with Crippen LogP contribution in [0.15, 0.2) is 35.6 Å². The van der Waals surface area contributed by atoms with Crippen LogP contribution in [-0.2, 0) is 19.4 Å². The standard InChI is InChI=1S/C23H26FN7OS2/c24-18-4-3-16(11-15(18)13-31-8-1-2-9-31)29-22(32)30-23-26-12-17(34-23)5-7-25-21-20-19(6-10-33-20)27-14-28-21/h3-4,11-12,14H,1-2,5-10,13H2,(H,25,27,28)(H2,26,29,30,32). The van der Waals surface area contributed by atoms with Crippen molar-refractivity contribution in [3.05, 3.63) is 52.7 Å². The third-order valence-electron chi connectivity index (χ3n) is 5.80. The fraction of sp³-hybridized carbons (Fsp3) is 0.391. The average Bonchev–Trinajstić information content (AvgIpc) is 3.59. The van der Waals surface area contributed by atoms with Gasteiger partial charge in [-0.1, -0.05) is 0 Å². The van der Waals surface area contributed by atoms with E-state index in [9.17, 15) is 9.18 Å². The second-order valence-electron chi connectivity index (χ2n) is 8.27. The van der Waals surface area contributed by atoms with E-state index in [1.54, 1.807) is 36.4 Å². The molecule has 0 bridgehead atoms. The first-order chi connectivity index (χ1) is 16.6. The smallest absolute Gasteiger partial charge is 0.325 e. The highest BCUT2D eigenvalue weighted by molar-refractivity contribution is 7.99. The number of thiazole rings is 1. The second kappa shape index (κ2) is 10.7. The van der Waals surface area contributed by atoms with Crippen molar-refractivity contribution in [2.24, 2.45) is 0 Å². The van der Waals surface area contributed by atoms with E-state index in [1.807, 2.05) is 0 Å². The van der Waals surface area contributed by atoms with Crippen LogP contribution in [0.3, 0.4) is 0 Å². The summed E-state index contributed by atoms with van der Waals surface area (Å²) in [7, 11) is 0. The SMILES string of the molecule is O=C(Nc1ccc(F)c(CN2CCCC2)c1)Nc1ncc(CCNc2ncnc3c2SCC3)s1. The Balaban J connectivity index is 1.11. The number of fused-ring (bicyclic) bond motifs is 1. The quantitative estimate of drug-likeness (QED) is 0.416. The number of aromatic nitrogens is 3. The van der Waals surface area contributed by atoms with Gasteiger partial charge in [-0.25, -0.2) is 24.1 Å². The number of thioether (sulfide) groups is 1. The molecule has 11 heteroatoms. The van der Waals surface area contributed by atoms with Gasteiger partial charge in [0.15, 0.2) is 5.13 Å². The maximum atomic E-state index is 14.2. The highest BCUT2D eigenvalue weighted by Crippen LogP contribution is 2.34. The zero-order chi connectivity index (χ0) is 23.3. The van der Waals surface area contributed by atoms with Crippen molar-refractivity contribution in [2.75, 3.05) is 41.3 Å². The van der Waals surface area contributed by atoms with Gasteiger partial charge in [-0.2, -0.15) is 0 Å². The molecule has 2 aromatic heterocycles. The molecule has 1 saturated heterocycles. The van der Waals surface area contributed by atoms with Crippen LogP contribution in [0.25, 0.3) is 0 Å². The monoisotopic (exact) mass is 499 g/mol. The van der Waals surface area contributed by atoms with Crippen LogP contribution in [0.2, 0.25) is 0 Å². The number of aryl methyl sites for hydroxylation is 1. The van der Waals surface area contributed by atoms with Gasteiger partial charge in [-0.15, -0.1) is 23.1 Å². The maximum absolute atomic E-state index is 14.2. The van der Waals surface area contributed by atoms with Crippen LogP contribution in [0, 0.1) is 5.82 Å². The topological polar surface area (TPSA) is 95.1 Å². The Bertz CT molecular complexity index is 1170. The van der Waals surface area contributed by atoms with Crippen LogP contribution in [0.1, 0.15) is 29.0 Å². The third kappa shape index (κ3) is 5.65. The number of rotatable bonds is 8. The minimum absolute atomic E-state index is 0.249. The number of hydrogen-bond acceptors (Lipinski definition) is 8. The molecule has 2 amide bonds. The van der Waals surface area contributed by atoms with Crippen LogP contribution in [0.4, 0.5) is 25.8 Å².